The summed E-state index contributed by atoms with van der Waals surface area (Å²) >= 11 is 1.60. The predicted molar refractivity (Wildman–Crippen MR) is 64.2 cm³/mol. The van der Waals surface area contributed by atoms with Crippen molar-refractivity contribution in [3.63, 3.8) is 0 Å². The van der Waals surface area contributed by atoms with Gasteiger partial charge in [-0.05, 0) is 38.0 Å². The summed E-state index contributed by atoms with van der Waals surface area (Å²) < 4.78 is 0. The highest BCUT2D eigenvalue weighted by molar-refractivity contribution is 8.01. The number of aliphatic hydroxyl groups excluding tert-OH is 1. The third-order valence-electron chi connectivity index (χ3n) is 2.15. The van der Waals surface area contributed by atoms with Gasteiger partial charge in [0.15, 0.2) is 0 Å². The van der Waals surface area contributed by atoms with E-state index in [9.17, 15) is 0 Å². The molecule has 0 saturated carbocycles. The molecule has 1 aliphatic rings. The van der Waals surface area contributed by atoms with Crippen LogP contribution in [0.3, 0.4) is 0 Å². The smallest absolute Gasteiger partial charge is 0.0665 e. The second-order valence-electron chi connectivity index (χ2n) is 3.36. The van der Waals surface area contributed by atoms with Crippen molar-refractivity contribution in [2.75, 3.05) is 12.8 Å². The third kappa shape index (κ3) is 7.24. The van der Waals surface area contributed by atoms with Crippen LogP contribution in [0.2, 0.25) is 0 Å². The summed E-state index contributed by atoms with van der Waals surface area (Å²) in [7, 11) is 0. The Kier molecular flexibility index (Phi) is 9.24. The molecule has 1 aliphatic heterocycles. The number of rotatable bonds is 2. The molecular formula is C10H22N2OS. The van der Waals surface area contributed by atoms with E-state index in [-0.39, 0.29) is 6.10 Å². The van der Waals surface area contributed by atoms with Crippen LogP contribution in [0.15, 0.2) is 11.6 Å². The Bertz CT molecular complexity index is 145. The molecular weight excluding hydrogens is 196 g/mol. The number of thioether (sulfide) groups is 1. The summed E-state index contributed by atoms with van der Waals surface area (Å²) in [6.07, 6.45) is 6.97. The fraction of sp³-hybridized carbons (Fsp3) is 0.800. The van der Waals surface area contributed by atoms with Crippen LogP contribution in [0.1, 0.15) is 26.2 Å². The molecule has 0 aromatic heterocycles. The summed E-state index contributed by atoms with van der Waals surface area (Å²) in [6, 6.07) is 0.360. The quantitative estimate of drug-likeness (QED) is 0.654. The summed E-state index contributed by atoms with van der Waals surface area (Å²) in [5, 5.41) is 14.2. The number of nitrogens with two attached hydrogens (primary N) is 1. The van der Waals surface area contributed by atoms with Gasteiger partial charge in [-0.2, -0.15) is 0 Å². The predicted octanol–water partition coefficient (Wildman–Crippen LogP) is 1.29. The lowest BCUT2D eigenvalue weighted by atomic mass is 10.0. The van der Waals surface area contributed by atoms with Crippen molar-refractivity contribution in [2.24, 2.45) is 5.73 Å². The van der Waals surface area contributed by atoms with Crippen LogP contribution in [-0.4, -0.2) is 30.1 Å². The average Bonchev–Trinajstić information content (AvgIpc) is 2.21. The van der Waals surface area contributed by atoms with E-state index in [4.69, 9.17) is 10.8 Å². The maximum absolute atomic E-state index is 9.11. The zero-order valence-corrected chi connectivity index (χ0v) is 9.89. The van der Waals surface area contributed by atoms with Gasteiger partial charge in [0.25, 0.3) is 0 Å². The van der Waals surface area contributed by atoms with E-state index in [1.165, 1.54) is 19.0 Å². The zero-order chi connectivity index (χ0) is 10.8. The standard InChI is InChI=1S/C7H15NO.C3H7NS/c1-6(9)7-4-2-3-5-8-7;1-5-3-2-4/h6-9H,2-5H2,1H3;2-3H,4H2,1H3/b;3-2-. The van der Waals surface area contributed by atoms with Crippen molar-refractivity contribution in [2.45, 2.75) is 38.3 Å². The number of aliphatic hydroxyl groups is 1. The van der Waals surface area contributed by atoms with Gasteiger partial charge in [0.1, 0.15) is 0 Å². The largest absolute Gasteiger partial charge is 0.404 e. The minimum atomic E-state index is -0.176. The molecule has 84 valence electrons. The SMILES string of the molecule is CC(O)C1CCCCN1.CS/C=C\N. The van der Waals surface area contributed by atoms with Gasteiger partial charge in [0.05, 0.1) is 6.10 Å². The first-order valence-corrected chi connectivity index (χ1v) is 6.32. The first-order chi connectivity index (χ1) is 6.72. The molecule has 0 spiro atoms. The Labute approximate surface area is 91.1 Å². The third-order valence-corrected chi connectivity index (χ3v) is 2.57. The van der Waals surface area contributed by atoms with Crippen molar-refractivity contribution in [1.29, 1.82) is 0 Å². The van der Waals surface area contributed by atoms with Crippen LogP contribution in [0.4, 0.5) is 0 Å². The molecule has 1 rings (SSSR count). The van der Waals surface area contributed by atoms with E-state index in [0.29, 0.717) is 6.04 Å². The molecule has 1 saturated heterocycles. The van der Waals surface area contributed by atoms with Gasteiger partial charge >= 0.3 is 0 Å². The second-order valence-corrected chi connectivity index (χ2v) is 4.10. The van der Waals surface area contributed by atoms with Crippen LogP contribution in [-0.2, 0) is 0 Å². The first kappa shape index (κ1) is 13.8. The minimum Gasteiger partial charge on any atom is -0.404 e. The highest BCUT2D eigenvalue weighted by atomic mass is 32.2. The van der Waals surface area contributed by atoms with E-state index in [2.05, 4.69) is 5.32 Å². The van der Waals surface area contributed by atoms with Crippen LogP contribution in [0, 0.1) is 0 Å². The molecule has 1 heterocycles. The number of hydrogen-bond acceptors (Lipinski definition) is 4. The van der Waals surface area contributed by atoms with Gasteiger partial charge in [0, 0.05) is 12.2 Å². The normalized spacial score (nSPS) is 24.1. The van der Waals surface area contributed by atoms with Crippen molar-refractivity contribution < 1.29 is 5.11 Å². The van der Waals surface area contributed by atoms with Gasteiger partial charge in [-0.1, -0.05) is 6.42 Å². The second kappa shape index (κ2) is 9.37. The van der Waals surface area contributed by atoms with Crippen molar-refractivity contribution in [1.82, 2.24) is 5.32 Å². The van der Waals surface area contributed by atoms with Crippen LogP contribution in [0.5, 0.6) is 0 Å². The summed E-state index contributed by atoms with van der Waals surface area (Å²) in [4.78, 5) is 0. The molecule has 0 aliphatic carbocycles. The van der Waals surface area contributed by atoms with Crippen LogP contribution in [0.25, 0.3) is 0 Å². The van der Waals surface area contributed by atoms with Gasteiger partial charge in [-0.25, -0.2) is 0 Å². The molecule has 2 unspecified atom stereocenters. The fourth-order valence-corrected chi connectivity index (χ4v) is 1.53. The molecule has 3 nitrogen and oxygen atoms in total. The van der Waals surface area contributed by atoms with E-state index >= 15 is 0 Å². The van der Waals surface area contributed by atoms with E-state index in [1.54, 1.807) is 11.8 Å². The van der Waals surface area contributed by atoms with Crippen molar-refractivity contribution >= 4 is 11.8 Å². The Balaban J connectivity index is 0.000000292. The molecule has 1 fully saturated rings. The maximum Gasteiger partial charge on any atom is 0.0665 e. The molecule has 4 N–H and O–H groups in total. The van der Waals surface area contributed by atoms with Crippen molar-refractivity contribution in [3.05, 3.63) is 11.6 Å². The lowest BCUT2D eigenvalue weighted by Gasteiger charge is -2.25. The number of hydrogen-bond donors (Lipinski definition) is 3. The average molecular weight is 218 g/mol. The molecule has 0 aromatic carbocycles. The van der Waals surface area contributed by atoms with Gasteiger partial charge < -0.3 is 16.2 Å². The minimum absolute atomic E-state index is 0.176. The van der Waals surface area contributed by atoms with Gasteiger partial charge in [-0.3, -0.25) is 0 Å². The zero-order valence-electron chi connectivity index (χ0n) is 9.07. The van der Waals surface area contributed by atoms with Crippen molar-refractivity contribution in [3.8, 4) is 0 Å². The lowest BCUT2D eigenvalue weighted by molar-refractivity contribution is 0.130. The van der Waals surface area contributed by atoms with E-state index in [1.807, 2.05) is 18.6 Å². The monoisotopic (exact) mass is 218 g/mol. The number of piperidine rings is 1. The van der Waals surface area contributed by atoms with Crippen LogP contribution >= 0.6 is 11.8 Å². The Morgan fingerprint density at radius 3 is 2.50 bits per heavy atom. The molecule has 14 heavy (non-hydrogen) atoms. The van der Waals surface area contributed by atoms with Crippen LogP contribution < -0.4 is 11.1 Å². The Morgan fingerprint density at radius 2 is 2.29 bits per heavy atom. The Hall–Kier alpha value is -0.190. The van der Waals surface area contributed by atoms with Gasteiger partial charge in [0.2, 0.25) is 0 Å². The van der Waals surface area contributed by atoms with Gasteiger partial charge in [-0.15, -0.1) is 11.8 Å². The maximum atomic E-state index is 9.11. The summed E-state index contributed by atoms with van der Waals surface area (Å²) in [5.74, 6) is 0. The highest BCUT2D eigenvalue weighted by Gasteiger charge is 2.16. The molecule has 2 atom stereocenters. The number of nitrogens with one attached hydrogen (secondary N) is 1. The van der Waals surface area contributed by atoms with E-state index < -0.39 is 0 Å². The lowest BCUT2D eigenvalue weighted by Crippen LogP contribution is -2.41. The Morgan fingerprint density at radius 1 is 1.57 bits per heavy atom. The topological polar surface area (TPSA) is 58.3 Å². The molecule has 0 radical (unpaired) electrons. The van der Waals surface area contributed by atoms with E-state index in [0.717, 1.165) is 13.0 Å². The molecule has 0 aromatic rings. The summed E-state index contributed by atoms with van der Waals surface area (Å²) in [5.41, 5.74) is 4.94. The highest BCUT2D eigenvalue weighted by Crippen LogP contribution is 2.09. The fourth-order valence-electron chi connectivity index (χ4n) is 1.37. The molecule has 0 amide bonds. The molecule has 0 bridgehead atoms. The molecule has 4 heteroatoms. The first-order valence-electron chi connectivity index (χ1n) is 5.03. The summed E-state index contributed by atoms with van der Waals surface area (Å²) in [6.45, 7) is 2.93.